The molecule has 1 aliphatic rings. The topological polar surface area (TPSA) is 87.9 Å². The van der Waals surface area contributed by atoms with Crippen molar-refractivity contribution in [3.63, 3.8) is 0 Å². The maximum atomic E-state index is 13.0. The molecule has 0 radical (unpaired) electrons. The molecule has 7 heteroatoms. The van der Waals surface area contributed by atoms with Gasteiger partial charge in [0, 0.05) is 24.2 Å². The van der Waals surface area contributed by atoms with Crippen molar-refractivity contribution < 1.29 is 9.32 Å². The second kappa shape index (κ2) is 7.37. The van der Waals surface area contributed by atoms with Gasteiger partial charge in [-0.15, -0.1) is 0 Å². The van der Waals surface area contributed by atoms with Gasteiger partial charge in [0.05, 0.1) is 6.54 Å². The van der Waals surface area contributed by atoms with Crippen molar-refractivity contribution >= 4 is 5.91 Å². The Morgan fingerprint density at radius 1 is 1.44 bits per heavy atom. The van der Waals surface area contributed by atoms with Crippen LogP contribution in [-0.4, -0.2) is 37.7 Å². The Labute approximate surface area is 148 Å². The summed E-state index contributed by atoms with van der Waals surface area (Å²) in [5.41, 5.74) is 2.74. The fourth-order valence-corrected chi connectivity index (χ4v) is 3.28. The average molecular weight is 345 g/mol. The van der Waals surface area contributed by atoms with E-state index in [0.717, 1.165) is 36.9 Å². The summed E-state index contributed by atoms with van der Waals surface area (Å²) in [5, 5.41) is 11.4. The third-order valence-electron chi connectivity index (χ3n) is 4.69. The van der Waals surface area contributed by atoms with E-state index in [1.807, 2.05) is 6.92 Å². The van der Waals surface area contributed by atoms with Crippen LogP contribution in [0.15, 0.2) is 4.52 Å². The van der Waals surface area contributed by atoms with Crippen molar-refractivity contribution in [2.45, 2.75) is 59.9 Å². The number of carbonyl (C=O) groups excluding carboxylic acids is 1. The van der Waals surface area contributed by atoms with Crippen LogP contribution in [0.5, 0.6) is 0 Å². The standard InChI is InChI=1S/C18H27N5O2/c1-5-23(10-15-19-16(25-22-15)8-11(2)3)18(24)17-13-9-12(4)6-7-14(13)20-21-17/h11-12H,5-10H2,1-4H3,(H,20,21)/t12-/m1/s1. The minimum Gasteiger partial charge on any atom is -0.339 e. The first-order valence-corrected chi connectivity index (χ1v) is 9.14. The van der Waals surface area contributed by atoms with Gasteiger partial charge in [-0.25, -0.2) is 0 Å². The van der Waals surface area contributed by atoms with Crippen molar-refractivity contribution in [1.82, 2.24) is 25.2 Å². The summed E-state index contributed by atoms with van der Waals surface area (Å²) in [4.78, 5) is 19.1. The van der Waals surface area contributed by atoms with E-state index in [9.17, 15) is 4.79 Å². The zero-order chi connectivity index (χ0) is 18.0. The highest BCUT2D eigenvalue weighted by molar-refractivity contribution is 5.94. The van der Waals surface area contributed by atoms with Crippen LogP contribution in [0, 0.1) is 11.8 Å². The van der Waals surface area contributed by atoms with Crippen molar-refractivity contribution in [1.29, 1.82) is 0 Å². The molecule has 0 aliphatic heterocycles. The lowest BCUT2D eigenvalue weighted by molar-refractivity contribution is 0.0740. The minimum atomic E-state index is -0.0655. The normalized spacial score (nSPS) is 16.9. The summed E-state index contributed by atoms with van der Waals surface area (Å²) >= 11 is 0. The van der Waals surface area contributed by atoms with Gasteiger partial charge in [-0.3, -0.25) is 9.89 Å². The largest absolute Gasteiger partial charge is 0.339 e. The predicted octanol–water partition coefficient (Wildman–Crippen LogP) is 2.78. The third kappa shape index (κ3) is 3.91. The summed E-state index contributed by atoms with van der Waals surface area (Å²) in [7, 11) is 0. The highest BCUT2D eigenvalue weighted by Crippen LogP contribution is 2.27. The molecule has 0 bridgehead atoms. The van der Waals surface area contributed by atoms with E-state index in [4.69, 9.17) is 4.52 Å². The van der Waals surface area contributed by atoms with Gasteiger partial charge in [0.25, 0.3) is 5.91 Å². The van der Waals surface area contributed by atoms with E-state index in [0.29, 0.717) is 42.3 Å². The van der Waals surface area contributed by atoms with Gasteiger partial charge in [-0.1, -0.05) is 25.9 Å². The molecule has 0 saturated heterocycles. The molecule has 1 amide bonds. The van der Waals surface area contributed by atoms with E-state index in [1.165, 1.54) is 0 Å². The van der Waals surface area contributed by atoms with E-state index in [2.05, 4.69) is 41.1 Å². The molecule has 25 heavy (non-hydrogen) atoms. The van der Waals surface area contributed by atoms with Gasteiger partial charge in [0.2, 0.25) is 5.89 Å². The number of aryl methyl sites for hydroxylation is 1. The lowest BCUT2D eigenvalue weighted by Gasteiger charge is -2.21. The number of amides is 1. The van der Waals surface area contributed by atoms with E-state index >= 15 is 0 Å². The summed E-state index contributed by atoms with van der Waals surface area (Å²) in [6, 6.07) is 0. The fraction of sp³-hybridized carbons (Fsp3) is 0.667. The summed E-state index contributed by atoms with van der Waals surface area (Å²) in [6.45, 7) is 9.30. The minimum absolute atomic E-state index is 0.0655. The molecule has 1 atom stereocenters. The third-order valence-corrected chi connectivity index (χ3v) is 4.69. The van der Waals surface area contributed by atoms with Crippen molar-refractivity contribution in [3.05, 3.63) is 28.7 Å². The van der Waals surface area contributed by atoms with Crippen molar-refractivity contribution in [2.75, 3.05) is 6.54 Å². The number of hydrogen-bond donors (Lipinski definition) is 1. The molecule has 136 valence electrons. The quantitative estimate of drug-likeness (QED) is 0.870. The summed E-state index contributed by atoms with van der Waals surface area (Å²) < 4.78 is 5.28. The molecule has 1 aliphatic carbocycles. The molecule has 0 fully saturated rings. The van der Waals surface area contributed by atoms with E-state index < -0.39 is 0 Å². The number of nitrogens with one attached hydrogen (secondary N) is 1. The molecule has 2 heterocycles. The fourth-order valence-electron chi connectivity index (χ4n) is 3.28. The summed E-state index contributed by atoms with van der Waals surface area (Å²) in [5.74, 6) is 2.14. The Hall–Kier alpha value is -2.18. The number of hydrogen-bond acceptors (Lipinski definition) is 5. The molecule has 1 N–H and O–H groups in total. The monoisotopic (exact) mass is 345 g/mol. The molecular formula is C18H27N5O2. The van der Waals surface area contributed by atoms with Gasteiger partial charge >= 0.3 is 0 Å². The van der Waals surface area contributed by atoms with Crippen LogP contribution in [0.3, 0.4) is 0 Å². The van der Waals surface area contributed by atoms with Crippen LogP contribution in [0.2, 0.25) is 0 Å². The lowest BCUT2D eigenvalue weighted by atomic mass is 9.87. The second-order valence-electron chi connectivity index (χ2n) is 7.40. The Morgan fingerprint density at radius 2 is 2.24 bits per heavy atom. The first-order chi connectivity index (χ1) is 12.0. The molecule has 0 unspecified atom stereocenters. The maximum absolute atomic E-state index is 13.0. The number of aromatic nitrogens is 4. The van der Waals surface area contributed by atoms with Crippen LogP contribution in [0.25, 0.3) is 0 Å². The highest BCUT2D eigenvalue weighted by atomic mass is 16.5. The van der Waals surface area contributed by atoms with Crippen LogP contribution >= 0.6 is 0 Å². The summed E-state index contributed by atoms with van der Waals surface area (Å²) in [6.07, 6.45) is 3.76. The number of carbonyl (C=O) groups is 1. The van der Waals surface area contributed by atoms with Crippen LogP contribution < -0.4 is 0 Å². The molecule has 2 aromatic rings. The molecule has 7 nitrogen and oxygen atoms in total. The Bertz CT molecular complexity index is 734. The molecular weight excluding hydrogens is 318 g/mol. The highest BCUT2D eigenvalue weighted by Gasteiger charge is 2.28. The molecule has 0 aromatic carbocycles. The zero-order valence-corrected chi connectivity index (χ0v) is 15.5. The molecule has 0 spiro atoms. The molecule has 2 aromatic heterocycles. The van der Waals surface area contributed by atoms with Gasteiger partial charge in [-0.2, -0.15) is 10.1 Å². The number of nitrogens with zero attached hydrogens (tertiary/aromatic N) is 4. The lowest BCUT2D eigenvalue weighted by Crippen LogP contribution is -2.32. The number of aromatic amines is 1. The van der Waals surface area contributed by atoms with Crippen molar-refractivity contribution in [2.24, 2.45) is 11.8 Å². The van der Waals surface area contributed by atoms with Crippen LogP contribution in [0.4, 0.5) is 0 Å². The van der Waals surface area contributed by atoms with Gasteiger partial charge in [0.15, 0.2) is 11.5 Å². The van der Waals surface area contributed by atoms with Crippen LogP contribution in [0.1, 0.15) is 67.6 Å². The smallest absolute Gasteiger partial charge is 0.275 e. The first kappa shape index (κ1) is 17.6. The van der Waals surface area contributed by atoms with E-state index in [-0.39, 0.29) is 5.91 Å². The van der Waals surface area contributed by atoms with Gasteiger partial charge in [-0.05, 0) is 38.0 Å². The Morgan fingerprint density at radius 3 is 2.96 bits per heavy atom. The second-order valence-corrected chi connectivity index (χ2v) is 7.40. The van der Waals surface area contributed by atoms with Gasteiger partial charge in [0.1, 0.15) is 0 Å². The van der Waals surface area contributed by atoms with Gasteiger partial charge < -0.3 is 9.42 Å². The Kier molecular flexibility index (Phi) is 5.20. The number of rotatable bonds is 6. The average Bonchev–Trinajstić information content (AvgIpc) is 3.17. The number of H-pyrrole nitrogens is 1. The predicted molar refractivity (Wildman–Crippen MR) is 93.0 cm³/mol. The Balaban J connectivity index is 1.74. The molecule has 3 rings (SSSR count). The van der Waals surface area contributed by atoms with Crippen molar-refractivity contribution in [3.8, 4) is 0 Å². The van der Waals surface area contributed by atoms with E-state index in [1.54, 1.807) is 4.90 Å². The number of fused-ring (bicyclic) bond motifs is 1. The maximum Gasteiger partial charge on any atom is 0.275 e. The molecule has 0 saturated carbocycles. The first-order valence-electron chi connectivity index (χ1n) is 9.14. The van der Waals surface area contributed by atoms with Crippen LogP contribution in [-0.2, 0) is 25.8 Å². The zero-order valence-electron chi connectivity index (χ0n) is 15.5. The SMILES string of the molecule is CCN(Cc1noc(CC(C)C)n1)C(=O)c1n[nH]c2c1C[C@H](C)CC2.